The molecular formula is C21H21N5O2. The summed E-state index contributed by atoms with van der Waals surface area (Å²) in [6.07, 6.45) is 0. The van der Waals surface area contributed by atoms with Crippen molar-refractivity contribution in [2.75, 3.05) is 17.2 Å². The number of benzene rings is 2. The quantitative estimate of drug-likeness (QED) is 0.640. The van der Waals surface area contributed by atoms with Crippen molar-refractivity contribution in [2.24, 2.45) is 0 Å². The molecule has 0 spiro atoms. The summed E-state index contributed by atoms with van der Waals surface area (Å²) in [5.41, 5.74) is 5.45. The smallest absolute Gasteiger partial charge is 0.253 e. The molecule has 0 aliphatic carbocycles. The van der Waals surface area contributed by atoms with Crippen LogP contribution in [0, 0.1) is 13.8 Å². The number of hydrogen-bond donors (Lipinski definition) is 3. The third kappa shape index (κ3) is 3.22. The highest BCUT2D eigenvalue weighted by molar-refractivity contribution is 6.04. The molecule has 7 heteroatoms. The lowest BCUT2D eigenvalue weighted by Gasteiger charge is -2.11. The molecule has 0 fully saturated rings. The largest absolute Gasteiger partial charge is 0.375 e. The molecule has 3 N–H and O–H groups in total. The molecule has 0 saturated carbocycles. The van der Waals surface area contributed by atoms with Crippen molar-refractivity contribution in [1.82, 2.24) is 15.1 Å². The molecule has 0 bridgehead atoms. The first-order chi connectivity index (χ1) is 13.5. The standard InChI is InChI=1S/C21H21N5O2/c1-13-20(14(2)26(25-13)16-8-4-3-5-9-16)24-18(27)12-22-17-10-6-7-15-11-23-21(28)19(15)17/h3-10,22H,11-12H2,1-2H3,(H,23,28)(H,24,27). The van der Waals surface area contributed by atoms with Crippen LogP contribution in [0.2, 0.25) is 0 Å². The summed E-state index contributed by atoms with van der Waals surface area (Å²) >= 11 is 0. The maximum atomic E-state index is 12.5. The number of para-hydroxylation sites is 1. The van der Waals surface area contributed by atoms with Crippen molar-refractivity contribution in [3.8, 4) is 5.69 Å². The van der Waals surface area contributed by atoms with Crippen LogP contribution in [0.4, 0.5) is 11.4 Å². The average Bonchev–Trinajstić information content (AvgIpc) is 3.22. The third-order valence-electron chi connectivity index (χ3n) is 4.81. The summed E-state index contributed by atoms with van der Waals surface area (Å²) in [4.78, 5) is 24.5. The maximum Gasteiger partial charge on any atom is 0.253 e. The van der Waals surface area contributed by atoms with Crippen molar-refractivity contribution in [3.63, 3.8) is 0 Å². The van der Waals surface area contributed by atoms with Gasteiger partial charge in [0.2, 0.25) is 5.91 Å². The zero-order valence-corrected chi connectivity index (χ0v) is 15.7. The van der Waals surface area contributed by atoms with E-state index in [0.717, 1.165) is 22.6 Å². The van der Waals surface area contributed by atoms with Gasteiger partial charge in [0, 0.05) is 12.2 Å². The van der Waals surface area contributed by atoms with Gasteiger partial charge in [0.05, 0.1) is 34.9 Å². The second kappa shape index (κ2) is 7.19. The molecular weight excluding hydrogens is 354 g/mol. The molecule has 0 unspecified atom stereocenters. The highest BCUT2D eigenvalue weighted by Crippen LogP contribution is 2.25. The molecule has 28 heavy (non-hydrogen) atoms. The second-order valence-electron chi connectivity index (χ2n) is 6.72. The predicted molar refractivity (Wildman–Crippen MR) is 108 cm³/mol. The van der Waals surface area contributed by atoms with Gasteiger partial charge in [-0.15, -0.1) is 0 Å². The van der Waals surface area contributed by atoms with Crippen LogP contribution in [0.3, 0.4) is 0 Å². The normalized spacial score (nSPS) is 12.4. The van der Waals surface area contributed by atoms with Gasteiger partial charge in [-0.05, 0) is 37.6 Å². The molecule has 1 aliphatic rings. The van der Waals surface area contributed by atoms with Gasteiger partial charge >= 0.3 is 0 Å². The lowest BCUT2D eigenvalue weighted by molar-refractivity contribution is -0.114. The van der Waals surface area contributed by atoms with Gasteiger partial charge in [-0.1, -0.05) is 30.3 Å². The number of rotatable bonds is 5. The minimum atomic E-state index is -0.199. The van der Waals surface area contributed by atoms with E-state index in [9.17, 15) is 9.59 Å². The summed E-state index contributed by atoms with van der Waals surface area (Å²) in [5, 5.41) is 13.3. The number of nitrogens with one attached hydrogen (secondary N) is 3. The van der Waals surface area contributed by atoms with Crippen LogP contribution in [0.25, 0.3) is 5.69 Å². The lowest BCUT2D eigenvalue weighted by atomic mass is 10.1. The highest BCUT2D eigenvalue weighted by atomic mass is 16.2. The number of aryl methyl sites for hydroxylation is 1. The Kier molecular flexibility index (Phi) is 4.57. The summed E-state index contributed by atoms with van der Waals surface area (Å²) in [6, 6.07) is 15.4. The molecule has 0 saturated heterocycles. The molecule has 3 aromatic rings. The van der Waals surface area contributed by atoms with E-state index in [1.807, 2.05) is 61.0 Å². The van der Waals surface area contributed by atoms with E-state index in [1.54, 1.807) is 6.07 Å². The molecule has 0 atom stereocenters. The van der Waals surface area contributed by atoms with E-state index < -0.39 is 0 Å². The van der Waals surface area contributed by atoms with E-state index in [2.05, 4.69) is 21.0 Å². The molecule has 2 heterocycles. The van der Waals surface area contributed by atoms with Crippen molar-refractivity contribution in [2.45, 2.75) is 20.4 Å². The van der Waals surface area contributed by atoms with Gasteiger partial charge in [0.1, 0.15) is 0 Å². The van der Waals surface area contributed by atoms with Crippen molar-refractivity contribution in [1.29, 1.82) is 0 Å². The summed E-state index contributed by atoms with van der Waals surface area (Å²) in [6.45, 7) is 4.36. The second-order valence-corrected chi connectivity index (χ2v) is 6.72. The van der Waals surface area contributed by atoms with E-state index >= 15 is 0 Å². The number of hydrogen-bond acceptors (Lipinski definition) is 4. The van der Waals surface area contributed by atoms with Crippen LogP contribution in [0.5, 0.6) is 0 Å². The lowest BCUT2D eigenvalue weighted by Crippen LogP contribution is -2.23. The van der Waals surface area contributed by atoms with Gasteiger partial charge in [-0.2, -0.15) is 5.10 Å². The van der Waals surface area contributed by atoms with Crippen LogP contribution < -0.4 is 16.0 Å². The monoisotopic (exact) mass is 375 g/mol. The van der Waals surface area contributed by atoms with E-state index in [-0.39, 0.29) is 18.4 Å². The van der Waals surface area contributed by atoms with Gasteiger partial charge in [-0.25, -0.2) is 4.68 Å². The summed E-state index contributed by atoms with van der Waals surface area (Å²) < 4.78 is 1.81. The minimum Gasteiger partial charge on any atom is -0.375 e. The van der Waals surface area contributed by atoms with Crippen molar-refractivity contribution >= 4 is 23.2 Å². The first kappa shape index (κ1) is 17.8. The van der Waals surface area contributed by atoms with Crippen LogP contribution in [-0.4, -0.2) is 28.1 Å². The molecule has 142 valence electrons. The first-order valence-electron chi connectivity index (χ1n) is 9.10. The van der Waals surface area contributed by atoms with E-state index in [4.69, 9.17) is 0 Å². The Labute approximate surface area is 162 Å². The summed E-state index contributed by atoms with van der Waals surface area (Å²) in [7, 11) is 0. The Morgan fingerprint density at radius 2 is 1.93 bits per heavy atom. The van der Waals surface area contributed by atoms with Crippen molar-refractivity contribution < 1.29 is 9.59 Å². The van der Waals surface area contributed by atoms with E-state index in [0.29, 0.717) is 23.5 Å². The molecule has 0 radical (unpaired) electrons. The zero-order valence-electron chi connectivity index (χ0n) is 15.7. The fraction of sp³-hybridized carbons (Fsp3) is 0.190. The zero-order chi connectivity index (χ0) is 19.7. The Morgan fingerprint density at radius 3 is 2.71 bits per heavy atom. The molecule has 2 amide bonds. The fourth-order valence-corrected chi connectivity index (χ4v) is 3.43. The van der Waals surface area contributed by atoms with Gasteiger partial charge in [0.25, 0.3) is 5.91 Å². The van der Waals surface area contributed by atoms with Crippen LogP contribution in [-0.2, 0) is 11.3 Å². The van der Waals surface area contributed by atoms with Gasteiger partial charge in [0.15, 0.2) is 0 Å². The van der Waals surface area contributed by atoms with Crippen molar-refractivity contribution in [3.05, 3.63) is 71.0 Å². The maximum absolute atomic E-state index is 12.5. The average molecular weight is 375 g/mol. The van der Waals surface area contributed by atoms with Crippen LogP contribution >= 0.6 is 0 Å². The predicted octanol–water partition coefficient (Wildman–Crippen LogP) is 2.78. The fourth-order valence-electron chi connectivity index (χ4n) is 3.43. The third-order valence-corrected chi connectivity index (χ3v) is 4.81. The van der Waals surface area contributed by atoms with Gasteiger partial charge in [-0.3, -0.25) is 9.59 Å². The molecule has 2 aromatic carbocycles. The number of carbonyl (C=O) groups is 2. The number of anilines is 2. The number of fused-ring (bicyclic) bond motifs is 1. The Hall–Kier alpha value is -3.61. The molecule has 1 aliphatic heterocycles. The highest BCUT2D eigenvalue weighted by Gasteiger charge is 2.22. The van der Waals surface area contributed by atoms with Gasteiger partial charge < -0.3 is 16.0 Å². The molecule has 1 aromatic heterocycles. The number of amides is 2. The Morgan fingerprint density at radius 1 is 1.14 bits per heavy atom. The number of aromatic nitrogens is 2. The molecule has 7 nitrogen and oxygen atoms in total. The van der Waals surface area contributed by atoms with Crippen LogP contribution in [0.1, 0.15) is 27.3 Å². The summed E-state index contributed by atoms with van der Waals surface area (Å²) in [5.74, 6) is -0.316. The number of nitrogens with zero attached hydrogens (tertiary/aromatic N) is 2. The minimum absolute atomic E-state index is 0.0547. The topological polar surface area (TPSA) is 88.1 Å². The SMILES string of the molecule is Cc1nn(-c2ccccc2)c(C)c1NC(=O)CNc1cccc2c1C(=O)NC2. The Bertz CT molecular complexity index is 1060. The number of carbonyl (C=O) groups excluding carboxylic acids is 2. The Balaban J connectivity index is 1.48. The molecule has 4 rings (SSSR count). The first-order valence-corrected chi connectivity index (χ1v) is 9.10. The van der Waals surface area contributed by atoms with Crippen LogP contribution in [0.15, 0.2) is 48.5 Å². The van der Waals surface area contributed by atoms with E-state index in [1.165, 1.54) is 0 Å².